The molecular formula is C15H21Br2NO2. The molecule has 2 unspecified atom stereocenters. The minimum atomic E-state index is 0.0261. The van der Waals surface area contributed by atoms with E-state index in [4.69, 9.17) is 9.47 Å². The number of ether oxygens (including phenoxy) is 2. The molecule has 20 heavy (non-hydrogen) atoms. The Morgan fingerprint density at radius 2 is 2.20 bits per heavy atom. The summed E-state index contributed by atoms with van der Waals surface area (Å²) in [5.74, 6) is 0.915. The first-order chi connectivity index (χ1) is 9.46. The van der Waals surface area contributed by atoms with Crippen LogP contribution in [0.3, 0.4) is 0 Å². The van der Waals surface area contributed by atoms with E-state index in [1.807, 2.05) is 13.0 Å². The Kier molecular flexibility index (Phi) is 5.51. The summed E-state index contributed by atoms with van der Waals surface area (Å²) in [5.41, 5.74) is 1.17. The van der Waals surface area contributed by atoms with Crippen LogP contribution in [-0.4, -0.2) is 24.9 Å². The normalized spacial score (nSPS) is 25.9. The third-order valence-electron chi connectivity index (χ3n) is 3.94. The van der Waals surface area contributed by atoms with Crippen LogP contribution in [0.1, 0.15) is 32.8 Å². The molecule has 0 aliphatic carbocycles. The third-order valence-corrected chi connectivity index (χ3v) is 4.99. The zero-order chi connectivity index (χ0) is 14.8. The van der Waals surface area contributed by atoms with Crippen LogP contribution in [0.15, 0.2) is 21.1 Å². The fourth-order valence-corrected chi connectivity index (χ4v) is 3.84. The van der Waals surface area contributed by atoms with E-state index < -0.39 is 0 Å². The van der Waals surface area contributed by atoms with Crippen LogP contribution in [0.25, 0.3) is 0 Å². The van der Waals surface area contributed by atoms with Gasteiger partial charge in [0.25, 0.3) is 0 Å². The number of hydrogen-bond acceptors (Lipinski definition) is 3. The van der Waals surface area contributed by atoms with Crippen molar-refractivity contribution in [1.29, 1.82) is 0 Å². The molecule has 0 aromatic heterocycles. The molecule has 2 rings (SSSR count). The molecule has 1 aromatic carbocycles. The molecular weight excluding hydrogens is 386 g/mol. The van der Waals surface area contributed by atoms with E-state index >= 15 is 0 Å². The zero-order valence-corrected chi connectivity index (χ0v) is 15.3. The van der Waals surface area contributed by atoms with Gasteiger partial charge < -0.3 is 14.8 Å². The molecule has 1 heterocycles. The van der Waals surface area contributed by atoms with E-state index in [9.17, 15) is 0 Å². The van der Waals surface area contributed by atoms with Gasteiger partial charge in [0.2, 0.25) is 0 Å². The van der Waals surface area contributed by atoms with Crippen molar-refractivity contribution in [3.8, 4) is 5.75 Å². The van der Waals surface area contributed by atoms with Gasteiger partial charge in [-0.2, -0.15) is 0 Å². The van der Waals surface area contributed by atoms with Crippen LogP contribution in [0.5, 0.6) is 5.75 Å². The Morgan fingerprint density at radius 3 is 2.80 bits per heavy atom. The molecule has 1 aromatic rings. The summed E-state index contributed by atoms with van der Waals surface area (Å²) in [5, 5.41) is 3.63. The number of benzene rings is 1. The topological polar surface area (TPSA) is 30.5 Å². The van der Waals surface area contributed by atoms with E-state index in [2.05, 4.69) is 57.1 Å². The van der Waals surface area contributed by atoms with Gasteiger partial charge in [0.15, 0.2) is 0 Å². The van der Waals surface area contributed by atoms with E-state index in [1.165, 1.54) is 0 Å². The maximum absolute atomic E-state index is 5.76. The molecule has 0 spiro atoms. The van der Waals surface area contributed by atoms with Crippen molar-refractivity contribution in [1.82, 2.24) is 5.32 Å². The quantitative estimate of drug-likeness (QED) is 0.791. The van der Waals surface area contributed by atoms with Gasteiger partial charge in [-0.05, 0) is 55.3 Å². The van der Waals surface area contributed by atoms with E-state index in [-0.39, 0.29) is 11.6 Å². The van der Waals surface area contributed by atoms with Crippen molar-refractivity contribution in [2.24, 2.45) is 0 Å². The smallest absolute Gasteiger partial charge is 0.138 e. The lowest BCUT2D eigenvalue weighted by atomic mass is 9.94. The van der Waals surface area contributed by atoms with E-state index in [0.29, 0.717) is 6.61 Å². The van der Waals surface area contributed by atoms with Gasteiger partial charge in [0.1, 0.15) is 5.75 Å². The summed E-state index contributed by atoms with van der Waals surface area (Å²) in [4.78, 5) is 0. The molecule has 2 atom stereocenters. The molecule has 3 nitrogen and oxygen atoms in total. The lowest BCUT2D eigenvalue weighted by molar-refractivity contribution is 0.0880. The molecule has 0 saturated carbocycles. The first-order valence-electron chi connectivity index (χ1n) is 6.93. The molecule has 0 bridgehead atoms. The van der Waals surface area contributed by atoms with Crippen molar-refractivity contribution in [2.75, 3.05) is 13.2 Å². The standard InChI is InChI=1S/C15H21Br2NO2/c1-4-19-14-11(7-12(16)8-13(14)17)9-18-15(3)5-6-20-10(15)2/h7-8,10,18H,4-6,9H2,1-3H3. The number of nitrogens with one attached hydrogen (secondary N) is 1. The molecule has 112 valence electrons. The van der Waals surface area contributed by atoms with Crippen LogP contribution in [0, 0.1) is 0 Å². The monoisotopic (exact) mass is 405 g/mol. The van der Waals surface area contributed by atoms with Crippen LogP contribution < -0.4 is 10.1 Å². The van der Waals surface area contributed by atoms with Gasteiger partial charge in [-0.15, -0.1) is 0 Å². The lowest BCUT2D eigenvalue weighted by Gasteiger charge is -2.29. The molecule has 1 aliphatic rings. The second-order valence-corrected chi connectivity index (χ2v) is 7.11. The molecule has 1 saturated heterocycles. The number of rotatable bonds is 5. The Bertz CT molecular complexity index is 481. The lowest BCUT2D eigenvalue weighted by Crippen LogP contribution is -2.47. The highest BCUT2D eigenvalue weighted by Crippen LogP contribution is 2.34. The highest BCUT2D eigenvalue weighted by atomic mass is 79.9. The molecule has 1 aliphatic heterocycles. The van der Waals surface area contributed by atoms with Crippen LogP contribution in [-0.2, 0) is 11.3 Å². The predicted molar refractivity (Wildman–Crippen MR) is 88.3 cm³/mol. The first kappa shape index (κ1) is 16.3. The van der Waals surface area contributed by atoms with Crippen LogP contribution in [0.2, 0.25) is 0 Å². The molecule has 1 N–H and O–H groups in total. The average molecular weight is 407 g/mol. The minimum absolute atomic E-state index is 0.0261. The van der Waals surface area contributed by atoms with Crippen molar-refractivity contribution < 1.29 is 9.47 Å². The first-order valence-corrected chi connectivity index (χ1v) is 8.52. The minimum Gasteiger partial charge on any atom is -0.492 e. The van der Waals surface area contributed by atoms with Crippen molar-refractivity contribution in [2.45, 2.75) is 45.4 Å². The molecule has 1 fully saturated rings. The average Bonchev–Trinajstić information content (AvgIpc) is 2.71. The van der Waals surface area contributed by atoms with Gasteiger partial charge in [-0.25, -0.2) is 0 Å². The van der Waals surface area contributed by atoms with Crippen molar-refractivity contribution in [3.05, 3.63) is 26.6 Å². The fraction of sp³-hybridized carbons (Fsp3) is 0.600. The Hall–Kier alpha value is -0.100. The van der Waals surface area contributed by atoms with Gasteiger partial charge in [0, 0.05) is 28.7 Å². The zero-order valence-electron chi connectivity index (χ0n) is 12.1. The predicted octanol–water partition coefficient (Wildman–Crippen LogP) is 4.27. The molecule has 5 heteroatoms. The maximum Gasteiger partial charge on any atom is 0.138 e. The fourth-order valence-electron chi connectivity index (χ4n) is 2.42. The highest BCUT2D eigenvalue weighted by Gasteiger charge is 2.36. The third kappa shape index (κ3) is 3.56. The summed E-state index contributed by atoms with van der Waals surface area (Å²) in [6, 6.07) is 4.12. The largest absolute Gasteiger partial charge is 0.492 e. The van der Waals surface area contributed by atoms with Crippen molar-refractivity contribution >= 4 is 31.9 Å². The molecule has 0 radical (unpaired) electrons. The van der Waals surface area contributed by atoms with Crippen molar-refractivity contribution in [3.63, 3.8) is 0 Å². The Balaban J connectivity index is 2.16. The summed E-state index contributed by atoms with van der Waals surface area (Å²) in [7, 11) is 0. The second-order valence-electron chi connectivity index (χ2n) is 5.34. The van der Waals surface area contributed by atoms with Gasteiger partial charge >= 0.3 is 0 Å². The molecule has 0 amide bonds. The van der Waals surface area contributed by atoms with Gasteiger partial charge in [0.05, 0.1) is 17.2 Å². The Morgan fingerprint density at radius 1 is 1.45 bits per heavy atom. The number of hydrogen-bond donors (Lipinski definition) is 1. The Labute approximate surface area is 137 Å². The van der Waals surface area contributed by atoms with E-state index in [0.717, 1.165) is 39.8 Å². The van der Waals surface area contributed by atoms with Gasteiger partial charge in [-0.3, -0.25) is 0 Å². The second kappa shape index (κ2) is 6.77. The van der Waals surface area contributed by atoms with Crippen LogP contribution >= 0.6 is 31.9 Å². The SMILES string of the molecule is CCOc1c(Br)cc(Br)cc1CNC1(C)CCOC1C. The summed E-state index contributed by atoms with van der Waals surface area (Å²) >= 11 is 7.11. The van der Waals surface area contributed by atoms with E-state index in [1.54, 1.807) is 0 Å². The summed E-state index contributed by atoms with van der Waals surface area (Å²) in [6.45, 7) is 8.59. The highest BCUT2D eigenvalue weighted by molar-refractivity contribution is 9.11. The van der Waals surface area contributed by atoms with Gasteiger partial charge in [-0.1, -0.05) is 15.9 Å². The van der Waals surface area contributed by atoms with Crippen LogP contribution in [0.4, 0.5) is 0 Å². The number of halogens is 2. The maximum atomic E-state index is 5.76. The summed E-state index contributed by atoms with van der Waals surface area (Å²) in [6.07, 6.45) is 1.27. The summed E-state index contributed by atoms with van der Waals surface area (Å²) < 4.78 is 13.5.